The van der Waals surface area contributed by atoms with Crippen molar-refractivity contribution in [3.05, 3.63) is 16.7 Å². The van der Waals surface area contributed by atoms with Crippen LogP contribution in [0.15, 0.2) is 6.20 Å². The topological polar surface area (TPSA) is 44.2 Å². The standard InChI is InChI=1S/C11H21N3OS/c1-11(2,7-13(3)4)8-14-9(6-15)5-12-10(14)16/h5,15H,6-8H2,1-4H3,(H,12,16). The van der Waals surface area contributed by atoms with E-state index in [1.807, 2.05) is 4.57 Å². The molecule has 0 saturated heterocycles. The number of H-pyrrole nitrogens is 1. The van der Waals surface area contributed by atoms with Crippen molar-refractivity contribution >= 4 is 12.2 Å². The highest BCUT2D eigenvalue weighted by Crippen LogP contribution is 2.20. The fourth-order valence-electron chi connectivity index (χ4n) is 2.07. The normalized spacial score (nSPS) is 12.4. The lowest BCUT2D eigenvalue weighted by Crippen LogP contribution is -2.32. The number of aliphatic hydroxyl groups excluding tert-OH is 1. The first kappa shape index (κ1) is 13.4. The molecule has 1 heterocycles. The molecule has 16 heavy (non-hydrogen) atoms. The van der Waals surface area contributed by atoms with Gasteiger partial charge >= 0.3 is 0 Å². The van der Waals surface area contributed by atoms with Gasteiger partial charge in [0.15, 0.2) is 4.77 Å². The highest BCUT2D eigenvalue weighted by molar-refractivity contribution is 7.71. The molecule has 92 valence electrons. The van der Waals surface area contributed by atoms with Crippen molar-refractivity contribution in [3.8, 4) is 0 Å². The summed E-state index contributed by atoms with van der Waals surface area (Å²) in [4.78, 5) is 5.13. The minimum absolute atomic E-state index is 0.0190. The number of aliphatic hydroxyl groups is 1. The first-order valence-electron chi connectivity index (χ1n) is 5.38. The van der Waals surface area contributed by atoms with Gasteiger partial charge in [0.05, 0.1) is 12.3 Å². The lowest BCUT2D eigenvalue weighted by molar-refractivity contribution is 0.201. The second-order valence-corrected chi connectivity index (χ2v) is 5.62. The van der Waals surface area contributed by atoms with Crippen LogP contribution in [-0.4, -0.2) is 40.2 Å². The number of aromatic nitrogens is 2. The maximum atomic E-state index is 9.21. The molecular formula is C11H21N3OS. The molecule has 2 N–H and O–H groups in total. The van der Waals surface area contributed by atoms with E-state index < -0.39 is 0 Å². The molecule has 0 atom stereocenters. The largest absolute Gasteiger partial charge is 0.390 e. The fraction of sp³-hybridized carbons (Fsp3) is 0.727. The van der Waals surface area contributed by atoms with Gasteiger partial charge in [-0.3, -0.25) is 0 Å². The van der Waals surface area contributed by atoms with Crippen molar-refractivity contribution in [3.63, 3.8) is 0 Å². The molecule has 0 bridgehead atoms. The fourth-order valence-corrected chi connectivity index (χ4v) is 2.31. The Bertz CT molecular complexity index is 392. The highest BCUT2D eigenvalue weighted by atomic mass is 32.1. The number of nitrogens with one attached hydrogen (secondary N) is 1. The zero-order valence-corrected chi connectivity index (χ0v) is 11.3. The molecule has 0 aliphatic carbocycles. The van der Waals surface area contributed by atoms with E-state index in [1.165, 1.54) is 0 Å². The molecule has 0 spiro atoms. The highest BCUT2D eigenvalue weighted by Gasteiger charge is 2.21. The van der Waals surface area contributed by atoms with E-state index in [4.69, 9.17) is 12.2 Å². The van der Waals surface area contributed by atoms with Crippen molar-refractivity contribution < 1.29 is 5.11 Å². The number of hydrogen-bond acceptors (Lipinski definition) is 3. The third-order valence-corrected chi connectivity index (χ3v) is 2.78. The molecule has 1 aromatic rings. The van der Waals surface area contributed by atoms with Crippen molar-refractivity contribution in [2.45, 2.75) is 27.0 Å². The minimum Gasteiger partial charge on any atom is -0.390 e. The molecule has 5 heteroatoms. The van der Waals surface area contributed by atoms with Crippen LogP contribution in [0.3, 0.4) is 0 Å². The zero-order valence-electron chi connectivity index (χ0n) is 10.4. The average Bonchev–Trinajstić information content (AvgIpc) is 2.45. The van der Waals surface area contributed by atoms with E-state index in [1.54, 1.807) is 6.20 Å². The number of imidazole rings is 1. The van der Waals surface area contributed by atoms with Crippen molar-refractivity contribution in [1.82, 2.24) is 14.5 Å². The van der Waals surface area contributed by atoms with Gasteiger partial charge in [-0.15, -0.1) is 0 Å². The molecule has 0 radical (unpaired) electrons. The summed E-state index contributed by atoms with van der Waals surface area (Å²) in [5, 5.41) is 9.21. The third kappa shape index (κ3) is 3.43. The van der Waals surface area contributed by atoms with E-state index in [0.717, 1.165) is 18.8 Å². The SMILES string of the molecule is CN(C)CC(C)(C)Cn1c(CO)c[nH]c1=S. The van der Waals surface area contributed by atoms with Crippen LogP contribution in [0.1, 0.15) is 19.5 Å². The van der Waals surface area contributed by atoms with Crippen LogP contribution in [0.25, 0.3) is 0 Å². The van der Waals surface area contributed by atoms with Gasteiger partial charge in [0.1, 0.15) is 0 Å². The average molecular weight is 243 g/mol. The molecule has 0 unspecified atom stereocenters. The zero-order chi connectivity index (χ0) is 12.3. The molecule has 0 fully saturated rings. The van der Waals surface area contributed by atoms with Gasteiger partial charge in [0, 0.05) is 19.3 Å². The molecule has 0 amide bonds. The lowest BCUT2D eigenvalue weighted by Gasteiger charge is -2.29. The smallest absolute Gasteiger partial charge is 0.177 e. The van der Waals surface area contributed by atoms with Gasteiger partial charge in [0.25, 0.3) is 0 Å². The maximum Gasteiger partial charge on any atom is 0.177 e. The molecule has 0 aliphatic rings. The van der Waals surface area contributed by atoms with Crippen molar-refractivity contribution in [2.24, 2.45) is 5.41 Å². The summed E-state index contributed by atoms with van der Waals surface area (Å²) in [5.74, 6) is 0. The Hall–Kier alpha value is -0.650. The Morgan fingerprint density at radius 3 is 2.62 bits per heavy atom. The van der Waals surface area contributed by atoms with Crippen LogP contribution >= 0.6 is 12.2 Å². The second-order valence-electron chi connectivity index (χ2n) is 5.23. The van der Waals surface area contributed by atoms with Crippen LogP contribution in [-0.2, 0) is 13.2 Å². The quantitative estimate of drug-likeness (QED) is 0.773. The molecular weight excluding hydrogens is 222 g/mol. The van der Waals surface area contributed by atoms with Gasteiger partial charge in [-0.05, 0) is 31.7 Å². The molecule has 0 aliphatic heterocycles. The van der Waals surface area contributed by atoms with Crippen LogP contribution in [0.2, 0.25) is 0 Å². The summed E-state index contributed by atoms with van der Waals surface area (Å²) in [6.07, 6.45) is 1.77. The first-order chi connectivity index (χ1) is 7.35. The monoisotopic (exact) mass is 243 g/mol. The molecule has 1 rings (SSSR count). The number of aromatic amines is 1. The molecule has 0 aromatic carbocycles. The van der Waals surface area contributed by atoms with Crippen LogP contribution in [0, 0.1) is 10.2 Å². The van der Waals surface area contributed by atoms with Crippen molar-refractivity contribution in [2.75, 3.05) is 20.6 Å². The van der Waals surface area contributed by atoms with Gasteiger partial charge in [-0.2, -0.15) is 0 Å². The second kappa shape index (κ2) is 5.12. The van der Waals surface area contributed by atoms with Gasteiger partial charge in [-0.25, -0.2) is 0 Å². The van der Waals surface area contributed by atoms with Gasteiger partial charge < -0.3 is 19.6 Å². The van der Waals surface area contributed by atoms with Crippen molar-refractivity contribution in [1.29, 1.82) is 0 Å². The summed E-state index contributed by atoms with van der Waals surface area (Å²) in [5.41, 5.74) is 0.963. The van der Waals surface area contributed by atoms with E-state index in [0.29, 0.717) is 4.77 Å². The summed E-state index contributed by atoms with van der Waals surface area (Å²) < 4.78 is 2.65. The summed E-state index contributed by atoms with van der Waals surface area (Å²) in [6.45, 7) is 6.20. The van der Waals surface area contributed by atoms with E-state index in [-0.39, 0.29) is 12.0 Å². The Morgan fingerprint density at radius 2 is 2.12 bits per heavy atom. The number of nitrogens with zero attached hydrogens (tertiary/aromatic N) is 2. The lowest BCUT2D eigenvalue weighted by atomic mass is 9.93. The van der Waals surface area contributed by atoms with Crippen LogP contribution in [0.5, 0.6) is 0 Å². The Balaban J connectivity index is 2.86. The summed E-state index contributed by atoms with van der Waals surface area (Å²) in [6, 6.07) is 0. The number of rotatable bonds is 5. The molecule has 4 nitrogen and oxygen atoms in total. The summed E-state index contributed by atoms with van der Waals surface area (Å²) in [7, 11) is 4.12. The Labute approximate surface area is 102 Å². The van der Waals surface area contributed by atoms with Gasteiger partial charge in [0.2, 0.25) is 0 Å². The van der Waals surface area contributed by atoms with Gasteiger partial charge in [-0.1, -0.05) is 13.8 Å². The minimum atomic E-state index is 0.0190. The van der Waals surface area contributed by atoms with Crippen LogP contribution < -0.4 is 0 Å². The van der Waals surface area contributed by atoms with Crippen LogP contribution in [0.4, 0.5) is 0 Å². The summed E-state index contributed by atoms with van der Waals surface area (Å²) >= 11 is 5.20. The maximum absolute atomic E-state index is 9.21. The Morgan fingerprint density at radius 1 is 1.50 bits per heavy atom. The Kier molecular flexibility index (Phi) is 4.29. The molecule has 1 aromatic heterocycles. The van der Waals surface area contributed by atoms with E-state index in [9.17, 15) is 5.11 Å². The van der Waals surface area contributed by atoms with E-state index >= 15 is 0 Å². The molecule has 0 saturated carbocycles. The predicted molar refractivity (Wildman–Crippen MR) is 67.9 cm³/mol. The van der Waals surface area contributed by atoms with E-state index in [2.05, 4.69) is 37.8 Å². The first-order valence-corrected chi connectivity index (χ1v) is 5.79. The predicted octanol–water partition coefficient (Wildman–Crippen LogP) is 1.63. The third-order valence-electron chi connectivity index (χ3n) is 2.45. The number of hydrogen-bond donors (Lipinski definition) is 2.